The van der Waals surface area contributed by atoms with Gasteiger partial charge in [-0.1, -0.05) is 25.7 Å². The Labute approximate surface area is 123 Å². The molecule has 0 aromatic heterocycles. The number of hydrogen-bond donors (Lipinski definition) is 0. The molecule has 1 fully saturated rings. The molecule has 0 radical (unpaired) electrons. The van der Waals surface area contributed by atoms with E-state index < -0.39 is 0 Å². The molecule has 1 saturated carbocycles. The molecular formula is C16H31NO3. The van der Waals surface area contributed by atoms with Crippen molar-refractivity contribution in [2.75, 3.05) is 40.5 Å². The van der Waals surface area contributed by atoms with Gasteiger partial charge in [-0.3, -0.25) is 4.90 Å². The van der Waals surface area contributed by atoms with Gasteiger partial charge < -0.3 is 14.3 Å². The van der Waals surface area contributed by atoms with Gasteiger partial charge in [-0.2, -0.15) is 0 Å². The van der Waals surface area contributed by atoms with Gasteiger partial charge >= 0.3 is 0 Å². The summed E-state index contributed by atoms with van der Waals surface area (Å²) in [7, 11) is 3.45. The molecule has 118 valence electrons. The fraction of sp³-hybridized carbons (Fsp3) is 0.938. The minimum absolute atomic E-state index is 0.160. The molecule has 0 aromatic carbocycles. The molecule has 1 aliphatic carbocycles. The lowest BCUT2D eigenvalue weighted by Gasteiger charge is -2.37. The first-order valence-corrected chi connectivity index (χ1v) is 7.86. The van der Waals surface area contributed by atoms with E-state index in [-0.39, 0.29) is 5.41 Å². The summed E-state index contributed by atoms with van der Waals surface area (Å²) < 4.78 is 10.5. The number of carbonyl (C=O) groups excluding carboxylic acids is 1. The van der Waals surface area contributed by atoms with Gasteiger partial charge in [0.2, 0.25) is 0 Å². The maximum atomic E-state index is 11.7. The van der Waals surface area contributed by atoms with Crippen LogP contribution in [0.15, 0.2) is 0 Å². The zero-order valence-corrected chi connectivity index (χ0v) is 13.4. The first-order valence-electron chi connectivity index (χ1n) is 7.86. The molecule has 0 heterocycles. The molecule has 4 nitrogen and oxygen atoms in total. The van der Waals surface area contributed by atoms with Crippen molar-refractivity contribution < 1.29 is 14.3 Å². The Morgan fingerprint density at radius 2 is 1.80 bits per heavy atom. The van der Waals surface area contributed by atoms with E-state index in [1.165, 1.54) is 32.0 Å². The summed E-state index contributed by atoms with van der Waals surface area (Å²) in [5.74, 6) is 0. The highest BCUT2D eigenvalue weighted by Gasteiger charge is 2.33. The van der Waals surface area contributed by atoms with Gasteiger partial charge in [0.05, 0.1) is 13.2 Å². The van der Waals surface area contributed by atoms with Gasteiger partial charge in [0.15, 0.2) is 0 Å². The highest BCUT2D eigenvalue weighted by Crippen LogP contribution is 2.34. The third-order valence-corrected chi connectivity index (χ3v) is 4.48. The zero-order valence-electron chi connectivity index (χ0n) is 13.4. The van der Waals surface area contributed by atoms with Crippen LogP contribution >= 0.6 is 0 Å². The Hall–Kier alpha value is -0.450. The number of rotatable bonds is 9. The summed E-state index contributed by atoms with van der Waals surface area (Å²) in [4.78, 5) is 14.1. The summed E-state index contributed by atoms with van der Waals surface area (Å²) >= 11 is 0. The van der Waals surface area contributed by atoms with E-state index in [0.717, 1.165) is 25.9 Å². The Balaban J connectivity index is 2.70. The zero-order chi connectivity index (χ0) is 14.8. The first-order chi connectivity index (χ1) is 9.67. The van der Waals surface area contributed by atoms with Crippen LogP contribution in [0.2, 0.25) is 0 Å². The van der Waals surface area contributed by atoms with E-state index in [0.29, 0.717) is 19.3 Å². The second-order valence-electron chi connectivity index (χ2n) is 6.16. The van der Waals surface area contributed by atoms with E-state index >= 15 is 0 Å². The summed E-state index contributed by atoms with van der Waals surface area (Å²) in [5.41, 5.74) is -0.160. The van der Waals surface area contributed by atoms with Crippen LogP contribution < -0.4 is 0 Å². The van der Waals surface area contributed by atoms with Crippen molar-refractivity contribution >= 4 is 6.29 Å². The van der Waals surface area contributed by atoms with Gasteiger partial charge in [0, 0.05) is 38.8 Å². The molecule has 4 heteroatoms. The molecule has 0 bridgehead atoms. The second-order valence-corrected chi connectivity index (χ2v) is 6.16. The maximum Gasteiger partial charge on any atom is 0.127 e. The fourth-order valence-electron chi connectivity index (χ4n) is 3.16. The van der Waals surface area contributed by atoms with Gasteiger partial charge in [-0.15, -0.1) is 0 Å². The van der Waals surface area contributed by atoms with Crippen LogP contribution in [0, 0.1) is 5.41 Å². The molecule has 0 N–H and O–H groups in total. The first kappa shape index (κ1) is 17.6. The highest BCUT2D eigenvalue weighted by molar-refractivity contribution is 5.59. The van der Waals surface area contributed by atoms with Crippen molar-refractivity contribution in [1.29, 1.82) is 0 Å². The molecular weight excluding hydrogens is 254 g/mol. The van der Waals surface area contributed by atoms with Crippen LogP contribution in [0.3, 0.4) is 0 Å². The van der Waals surface area contributed by atoms with Gasteiger partial charge in [-0.05, 0) is 19.8 Å². The molecule has 1 unspecified atom stereocenters. The predicted octanol–water partition coefficient (Wildman–Crippen LogP) is 2.51. The van der Waals surface area contributed by atoms with E-state index in [4.69, 9.17) is 9.47 Å². The molecule has 1 rings (SSSR count). The van der Waals surface area contributed by atoms with Crippen molar-refractivity contribution in [3.8, 4) is 0 Å². The van der Waals surface area contributed by atoms with Crippen LogP contribution in [-0.4, -0.2) is 57.8 Å². The minimum atomic E-state index is -0.160. The largest absolute Gasteiger partial charge is 0.383 e. The number of methoxy groups -OCH3 is 2. The number of ether oxygens (including phenoxy) is 2. The van der Waals surface area contributed by atoms with Crippen molar-refractivity contribution in [3.63, 3.8) is 0 Å². The highest BCUT2D eigenvalue weighted by atomic mass is 16.5. The van der Waals surface area contributed by atoms with Crippen molar-refractivity contribution in [2.45, 2.75) is 51.5 Å². The third-order valence-electron chi connectivity index (χ3n) is 4.48. The minimum Gasteiger partial charge on any atom is -0.383 e. The quantitative estimate of drug-likeness (QED) is 0.482. The van der Waals surface area contributed by atoms with Crippen LogP contribution in [0.1, 0.15) is 45.4 Å². The topological polar surface area (TPSA) is 38.8 Å². The lowest BCUT2D eigenvalue weighted by Crippen LogP contribution is -2.46. The van der Waals surface area contributed by atoms with Crippen molar-refractivity contribution in [3.05, 3.63) is 0 Å². The number of nitrogens with zero attached hydrogens (tertiary/aromatic N) is 1. The fourth-order valence-corrected chi connectivity index (χ4v) is 3.16. The van der Waals surface area contributed by atoms with Crippen LogP contribution in [-0.2, 0) is 14.3 Å². The number of carbonyl (C=O) groups is 1. The molecule has 0 amide bonds. The summed E-state index contributed by atoms with van der Waals surface area (Å²) in [5, 5.41) is 0. The predicted molar refractivity (Wildman–Crippen MR) is 81.0 cm³/mol. The standard InChI is InChI=1S/C16H31NO3/c1-15(12-20-3)17(10-11-19-2)13-16(14-18)8-6-4-5-7-9-16/h14-15H,4-13H2,1-3H3. The van der Waals surface area contributed by atoms with Crippen LogP contribution in [0.4, 0.5) is 0 Å². The van der Waals surface area contributed by atoms with Gasteiger partial charge in [0.1, 0.15) is 6.29 Å². The Morgan fingerprint density at radius 1 is 1.15 bits per heavy atom. The Kier molecular flexibility index (Phi) is 8.34. The van der Waals surface area contributed by atoms with E-state index in [2.05, 4.69) is 11.8 Å². The molecule has 20 heavy (non-hydrogen) atoms. The van der Waals surface area contributed by atoms with Gasteiger partial charge in [-0.25, -0.2) is 0 Å². The Bertz CT molecular complexity index is 262. The summed E-state index contributed by atoms with van der Waals surface area (Å²) in [6, 6.07) is 0.315. The summed E-state index contributed by atoms with van der Waals surface area (Å²) in [6.07, 6.45) is 8.16. The average molecular weight is 285 g/mol. The second kappa shape index (κ2) is 9.48. The van der Waals surface area contributed by atoms with Crippen LogP contribution in [0.5, 0.6) is 0 Å². The van der Waals surface area contributed by atoms with E-state index in [1.54, 1.807) is 14.2 Å². The van der Waals surface area contributed by atoms with E-state index in [1.807, 2.05) is 0 Å². The molecule has 1 aliphatic rings. The molecule has 0 aliphatic heterocycles. The lowest BCUT2D eigenvalue weighted by molar-refractivity contribution is -0.118. The average Bonchev–Trinajstić information content (AvgIpc) is 2.70. The number of aldehydes is 1. The molecule has 1 atom stereocenters. The smallest absolute Gasteiger partial charge is 0.127 e. The maximum absolute atomic E-state index is 11.7. The summed E-state index contributed by atoms with van der Waals surface area (Å²) in [6.45, 7) is 5.25. The molecule has 0 aromatic rings. The normalized spacial score (nSPS) is 20.6. The van der Waals surface area contributed by atoms with Gasteiger partial charge in [0.25, 0.3) is 0 Å². The number of hydrogen-bond acceptors (Lipinski definition) is 4. The SMILES string of the molecule is COCCN(CC1(C=O)CCCCCC1)C(C)COC. The monoisotopic (exact) mass is 285 g/mol. The van der Waals surface area contributed by atoms with Crippen molar-refractivity contribution in [2.24, 2.45) is 5.41 Å². The van der Waals surface area contributed by atoms with Crippen molar-refractivity contribution in [1.82, 2.24) is 4.90 Å². The molecule has 0 saturated heterocycles. The lowest BCUT2D eigenvalue weighted by atomic mass is 9.81. The third kappa shape index (κ3) is 5.51. The van der Waals surface area contributed by atoms with Crippen LogP contribution in [0.25, 0.3) is 0 Å². The molecule has 0 spiro atoms. The van der Waals surface area contributed by atoms with E-state index in [9.17, 15) is 4.79 Å². The Morgan fingerprint density at radius 3 is 2.30 bits per heavy atom.